The Kier molecular flexibility index (Phi) is 5.80. The molecule has 1 aliphatic carbocycles. The van der Waals surface area contributed by atoms with E-state index in [0.29, 0.717) is 10.7 Å². The van der Waals surface area contributed by atoms with Crippen LogP contribution in [-0.2, 0) is 17.4 Å². The van der Waals surface area contributed by atoms with Crippen LogP contribution in [0.4, 0.5) is 0 Å². The first-order chi connectivity index (χ1) is 15.1. The maximum atomic E-state index is 13.3. The Balaban J connectivity index is 1.63. The van der Waals surface area contributed by atoms with Crippen molar-refractivity contribution in [2.45, 2.75) is 51.5 Å². The average Bonchev–Trinajstić information content (AvgIpc) is 3.05. The monoisotopic (exact) mass is 452 g/mol. The van der Waals surface area contributed by atoms with E-state index in [-0.39, 0.29) is 11.8 Å². The first-order valence-electron chi connectivity index (χ1n) is 11.0. The highest BCUT2D eigenvalue weighted by atomic mass is 35.5. The molecule has 1 aromatic heterocycles. The first kappa shape index (κ1) is 22.4. The fourth-order valence-corrected chi connectivity index (χ4v) is 5.04. The van der Waals surface area contributed by atoms with Crippen molar-refractivity contribution in [3.63, 3.8) is 0 Å². The summed E-state index contributed by atoms with van der Waals surface area (Å²) >= 11 is 6.48. The van der Waals surface area contributed by atoms with Gasteiger partial charge in [-0.05, 0) is 60.9 Å². The van der Waals surface area contributed by atoms with Gasteiger partial charge in [0.2, 0.25) is 0 Å². The molecule has 0 saturated heterocycles. The molecule has 0 unspecified atom stereocenters. The molecule has 3 aromatic rings. The highest BCUT2D eigenvalue weighted by molar-refractivity contribution is 6.36. The van der Waals surface area contributed by atoms with Gasteiger partial charge in [0.25, 0.3) is 5.91 Å². The first-order valence-corrected chi connectivity index (χ1v) is 11.4. The van der Waals surface area contributed by atoms with Crippen molar-refractivity contribution in [1.29, 1.82) is 0 Å². The van der Waals surface area contributed by atoms with E-state index >= 15 is 0 Å². The number of amides is 1. The van der Waals surface area contributed by atoms with E-state index in [9.17, 15) is 14.7 Å². The summed E-state index contributed by atoms with van der Waals surface area (Å²) in [6.07, 6.45) is 2.74. The third-order valence-electron chi connectivity index (χ3n) is 6.90. The van der Waals surface area contributed by atoms with Crippen molar-refractivity contribution >= 4 is 34.4 Å². The third kappa shape index (κ3) is 3.69. The largest absolute Gasteiger partial charge is 0.481 e. The van der Waals surface area contributed by atoms with Crippen molar-refractivity contribution in [3.8, 4) is 0 Å². The van der Waals surface area contributed by atoms with E-state index in [0.717, 1.165) is 46.9 Å². The number of aromatic nitrogens is 1. The number of rotatable bonds is 6. The Morgan fingerprint density at radius 2 is 1.78 bits per heavy atom. The van der Waals surface area contributed by atoms with Crippen molar-refractivity contribution < 1.29 is 14.7 Å². The fourth-order valence-electron chi connectivity index (χ4n) is 4.82. The Morgan fingerprint density at radius 1 is 1.12 bits per heavy atom. The van der Waals surface area contributed by atoms with E-state index in [2.05, 4.69) is 5.32 Å². The van der Waals surface area contributed by atoms with Crippen LogP contribution in [0.1, 0.15) is 66.2 Å². The number of carbonyl (C=O) groups is 2. The molecule has 0 bridgehead atoms. The van der Waals surface area contributed by atoms with E-state index in [4.69, 9.17) is 11.6 Å². The molecule has 1 saturated carbocycles. The fraction of sp³-hybridized carbons (Fsp3) is 0.385. The van der Waals surface area contributed by atoms with E-state index in [1.165, 1.54) is 0 Å². The zero-order valence-corrected chi connectivity index (χ0v) is 19.7. The van der Waals surface area contributed by atoms with Crippen LogP contribution >= 0.6 is 11.6 Å². The number of nitrogens with zero attached hydrogens (tertiary/aromatic N) is 1. The molecule has 4 rings (SSSR count). The third-order valence-corrected chi connectivity index (χ3v) is 7.40. The molecular formula is C26H29ClN2O3. The van der Waals surface area contributed by atoms with Crippen LogP contribution in [0.25, 0.3) is 10.9 Å². The molecule has 6 heteroatoms. The predicted octanol–water partition coefficient (Wildman–Crippen LogP) is 5.77. The molecule has 0 radical (unpaired) electrons. The van der Waals surface area contributed by atoms with Crippen molar-refractivity contribution in [1.82, 2.24) is 9.88 Å². The van der Waals surface area contributed by atoms with E-state index < -0.39 is 17.4 Å². The van der Waals surface area contributed by atoms with Gasteiger partial charge < -0.3 is 15.0 Å². The summed E-state index contributed by atoms with van der Waals surface area (Å²) in [7, 11) is 1.88. The van der Waals surface area contributed by atoms with Gasteiger partial charge in [0.15, 0.2) is 0 Å². The average molecular weight is 453 g/mol. The molecule has 0 aliphatic heterocycles. The Labute approximate surface area is 193 Å². The number of nitrogens with one attached hydrogen (secondary N) is 1. The molecule has 1 heterocycles. The zero-order valence-electron chi connectivity index (χ0n) is 18.9. The van der Waals surface area contributed by atoms with Crippen LogP contribution in [0.3, 0.4) is 0 Å². The maximum absolute atomic E-state index is 13.3. The van der Waals surface area contributed by atoms with Gasteiger partial charge in [0.1, 0.15) is 5.69 Å². The molecular weight excluding hydrogens is 424 g/mol. The van der Waals surface area contributed by atoms with Crippen LogP contribution in [0.2, 0.25) is 5.02 Å². The molecule has 1 aliphatic rings. The minimum absolute atomic E-state index is 0.00218. The second-order valence-electron chi connectivity index (χ2n) is 9.29. The van der Waals surface area contributed by atoms with Crippen LogP contribution in [-0.4, -0.2) is 21.6 Å². The van der Waals surface area contributed by atoms with E-state index in [1.54, 1.807) is 0 Å². The van der Waals surface area contributed by atoms with Crippen LogP contribution < -0.4 is 5.32 Å². The number of fused-ring (bicyclic) bond motifs is 1. The summed E-state index contributed by atoms with van der Waals surface area (Å²) in [6, 6.07) is 13.5. The molecule has 0 spiro atoms. The summed E-state index contributed by atoms with van der Waals surface area (Å²) < 4.78 is 1.88. The summed E-state index contributed by atoms with van der Waals surface area (Å²) in [5.41, 5.74) is 3.85. The molecule has 1 atom stereocenters. The number of carbonyl (C=O) groups excluding carboxylic acids is 1. The van der Waals surface area contributed by atoms with Crippen molar-refractivity contribution in [3.05, 3.63) is 69.9 Å². The number of aryl methyl sites for hydroxylation is 2. The summed E-state index contributed by atoms with van der Waals surface area (Å²) in [5.74, 6) is -1.49. The van der Waals surface area contributed by atoms with Gasteiger partial charge in [0.05, 0.1) is 16.5 Å². The number of carboxylic acid groups (broad SMARTS) is 1. The smallest absolute Gasteiger partial charge is 0.311 e. The summed E-state index contributed by atoms with van der Waals surface area (Å²) in [4.78, 5) is 25.0. The molecule has 5 nitrogen and oxygen atoms in total. The Hall–Kier alpha value is -2.79. The Bertz CT molecular complexity index is 1190. The lowest BCUT2D eigenvalue weighted by atomic mass is 9.71. The van der Waals surface area contributed by atoms with Gasteiger partial charge in [-0.1, -0.05) is 55.8 Å². The molecule has 2 N–H and O–H groups in total. The topological polar surface area (TPSA) is 71.3 Å². The van der Waals surface area contributed by atoms with Crippen LogP contribution in [0.5, 0.6) is 0 Å². The van der Waals surface area contributed by atoms with Gasteiger partial charge >= 0.3 is 5.97 Å². The molecule has 1 fully saturated rings. The lowest BCUT2D eigenvalue weighted by molar-refractivity contribution is -0.139. The summed E-state index contributed by atoms with van der Waals surface area (Å²) in [6.45, 7) is 5.78. The predicted molar refractivity (Wildman–Crippen MR) is 127 cm³/mol. The minimum atomic E-state index is -0.816. The number of hydrogen-bond donors (Lipinski definition) is 2. The molecule has 1 amide bonds. The summed E-state index contributed by atoms with van der Waals surface area (Å²) in [5, 5.41) is 14.4. The second kappa shape index (κ2) is 8.28. The number of hydrogen-bond acceptors (Lipinski definition) is 2. The van der Waals surface area contributed by atoms with Gasteiger partial charge in [-0.2, -0.15) is 0 Å². The number of benzene rings is 2. The SMILES string of the molecule is Cc1ccc2c(cc(C(=O)NC3(c4ccc([C@H](C(=O)O)C(C)C)cc4)CCC3)n2C)c1Cl. The highest BCUT2D eigenvalue weighted by Crippen LogP contribution is 2.42. The minimum Gasteiger partial charge on any atom is -0.481 e. The quantitative estimate of drug-likeness (QED) is 0.498. The maximum Gasteiger partial charge on any atom is 0.311 e. The van der Waals surface area contributed by atoms with Gasteiger partial charge in [0, 0.05) is 18.0 Å². The Morgan fingerprint density at radius 3 is 2.31 bits per heavy atom. The second-order valence-corrected chi connectivity index (χ2v) is 9.67. The number of carboxylic acids is 1. The molecule has 168 valence electrons. The molecule has 32 heavy (non-hydrogen) atoms. The van der Waals surface area contributed by atoms with E-state index in [1.807, 2.05) is 74.9 Å². The van der Waals surface area contributed by atoms with Gasteiger partial charge in [-0.15, -0.1) is 0 Å². The number of halogens is 1. The van der Waals surface area contributed by atoms with Crippen LogP contribution in [0.15, 0.2) is 42.5 Å². The zero-order chi connectivity index (χ0) is 23.2. The van der Waals surface area contributed by atoms with Crippen molar-refractivity contribution in [2.75, 3.05) is 0 Å². The van der Waals surface area contributed by atoms with Gasteiger partial charge in [-0.25, -0.2) is 0 Å². The van der Waals surface area contributed by atoms with Gasteiger partial charge in [-0.3, -0.25) is 9.59 Å². The lowest BCUT2D eigenvalue weighted by Crippen LogP contribution is -2.51. The molecule has 2 aromatic carbocycles. The standard InChI is InChI=1S/C26H29ClN2O3/c1-15(2)22(25(31)32)17-7-9-18(10-8-17)26(12-5-13-26)28-24(30)21-14-19-20(29(21)4)11-6-16(3)23(19)27/h6-11,14-15,22H,5,12-13H2,1-4H3,(H,28,30)(H,31,32)/t22-/m1/s1. The lowest BCUT2D eigenvalue weighted by Gasteiger charge is -2.43. The highest BCUT2D eigenvalue weighted by Gasteiger charge is 2.41. The van der Waals surface area contributed by atoms with Crippen LogP contribution in [0, 0.1) is 12.8 Å². The normalized spacial score (nSPS) is 16.1. The number of aliphatic carboxylic acids is 1. The van der Waals surface area contributed by atoms with Crippen molar-refractivity contribution in [2.24, 2.45) is 13.0 Å².